The smallest absolute Gasteiger partial charge is 0.307 e. The number of hydrogen-bond acceptors (Lipinski definition) is 5. The molecule has 0 atom stereocenters. The number of benzene rings is 2. The van der Waals surface area contributed by atoms with E-state index in [0.717, 1.165) is 48.4 Å². The minimum absolute atomic E-state index is 0.0669. The zero-order valence-electron chi connectivity index (χ0n) is 15.1. The second-order valence-corrected chi connectivity index (χ2v) is 8.57. The van der Waals surface area contributed by atoms with Gasteiger partial charge >= 0.3 is 5.97 Å². The van der Waals surface area contributed by atoms with E-state index >= 15 is 0 Å². The van der Waals surface area contributed by atoms with Crippen LogP contribution in [0.5, 0.6) is 0 Å². The molecule has 0 aliphatic carbocycles. The highest BCUT2D eigenvalue weighted by Crippen LogP contribution is 2.26. The third-order valence-corrected chi connectivity index (χ3v) is 6.25. The fourth-order valence-electron chi connectivity index (χ4n) is 3.06. The van der Waals surface area contributed by atoms with Gasteiger partial charge in [-0.05, 0) is 48.7 Å². The zero-order chi connectivity index (χ0) is 20.1. The third-order valence-electron chi connectivity index (χ3n) is 4.52. The summed E-state index contributed by atoms with van der Waals surface area (Å²) in [5.41, 5.74) is 1.88. The first kappa shape index (κ1) is 20.0. The van der Waals surface area contributed by atoms with Crippen LogP contribution in [0.15, 0.2) is 53.4 Å². The van der Waals surface area contributed by atoms with Crippen molar-refractivity contribution in [2.45, 2.75) is 24.2 Å². The van der Waals surface area contributed by atoms with E-state index in [1.807, 2.05) is 24.3 Å². The number of carbonyl (C=O) groups is 2. The number of carbonyl (C=O) groups excluding carboxylic acids is 2. The Hall–Kier alpha value is -2.74. The number of fused-ring (bicyclic) bond motifs is 1. The van der Waals surface area contributed by atoms with Crippen LogP contribution in [-0.2, 0) is 30.6 Å². The minimum atomic E-state index is -3.73. The number of amides is 1. The van der Waals surface area contributed by atoms with E-state index in [9.17, 15) is 22.4 Å². The first-order chi connectivity index (χ1) is 13.4. The molecule has 8 heteroatoms. The standard InChI is InChI=1S/C20H20FNO5S/c21-16-7-9-17(10-8-16)28(25,26)13-11-20(24)27-14-19(23)22-12-3-5-15-4-1-2-6-18(15)22/h1-2,4,6-10H,3,5,11-14H2. The Morgan fingerprint density at radius 3 is 2.54 bits per heavy atom. The van der Waals surface area contributed by atoms with Crippen LogP contribution in [0.2, 0.25) is 0 Å². The molecule has 28 heavy (non-hydrogen) atoms. The van der Waals surface area contributed by atoms with Gasteiger partial charge in [0, 0.05) is 12.2 Å². The lowest BCUT2D eigenvalue weighted by atomic mass is 10.0. The van der Waals surface area contributed by atoms with Gasteiger partial charge in [0.15, 0.2) is 16.4 Å². The molecule has 0 fully saturated rings. The number of esters is 1. The molecule has 0 saturated carbocycles. The number of ether oxygens (including phenoxy) is 1. The van der Waals surface area contributed by atoms with Crippen LogP contribution in [0.1, 0.15) is 18.4 Å². The van der Waals surface area contributed by atoms with E-state index in [2.05, 4.69) is 0 Å². The van der Waals surface area contributed by atoms with Crippen LogP contribution in [0, 0.1) is 5.82 Å². The number of sulfone groups is 1. The van der Waals surface area contributed by atoms with E-state index in [1.54, 1.807) is 4.90 Å². The molecular formula is C20H20FNO5S. The van der Waals surface area contributed by atoms with Crippen LogP contribution >= 0.6 is 0 Å². The molecule has 1 amide bonds. The quantitative estimate of drug-likeness (QED) is 0.545. The summed E-state index contributed by atoms with van der Waals surface area (Å²) in [6, 6.07) is 11.9. The number of anilines is 1. The van der Waals surface area contributed by atoms with Crippen molar-refractivity contribution < 1.29 is 27.1 Å². The van der Waals surface area contributed by atoms with E-state index < -0.39 is 34.0 Å². The second kappa shape index (κ2) is 8.52. The summed E-state index contributed by atoms with van der Waals surface area (Å²) in [6.07, 6.45) is 1.33. The molecule has 0 bridgehead atoms. The molecule has 1 aliphatic rings. The lowest BCUT2D eigenvalue weighted by molar-refractivity contribution is -0.147. The number of nitrogens with zero attached hydrogens (tertiary/aromatic N) is 1. The van der Waals surface area contributed by atoms with E-state index in [0.29, 0.717) is 6.54 Å². The summed E-state index contributed by atoms with van der Waals surface area (Å²) in [5.74, 6) is -2.14. The molecule has 2 aromatic rings. The van der Waals surface area contributed by atoms with Crippen molar-refractivity contribution in [2.75, 3.05) is 23.8 Å². The maximum Gasteiger partial charge on any atom is 0.307 e. The van der Waals surface area contributed by atoms with Gasteiger partial charge in [-0.1, -0.05) is 18.2 Å². The SMILES string of the molecule is O=C(CCS(=O)(=O)c1ccc(F)cc1)OCC(=O)N1CCCc2ccccc21. The van der Waals surface area contributed by atoms with Crippen molar-refractivity contribution in [3.8, 4) is 0 Å². The number of aryl methyl sites for hydroxylation is 1. The summed E-state index contributed by atoms with van der Waals surface area (Å²) in [5, 5.41) is 0. The van der Waals surface area contributed by atoms with Gasteiger partial charge in [-0.3, -0.25) is 9.59 Å². The highest BCUT2D eigenvalue weighted by molar-refractivity contribution is 7.91. The first-order valence-corrected chi connectivity index (χ1v) is 10.5. The average Bonchev–Trinajstić information content (AvgIpc) is 2.70. The van der Waals surface area contributed by atoms with E-state index in [4.69, 9.17) is 4.74 Å². The highest BCUT2D eigenvalue weighted by Gasteiger charge is 2.23. The molecule has 0 saturated heterocycles. The van der Waals surface area contributed by atoms with Crippen LogP contribution in [0.3, 0.4) is 0 Å². The molecule has 6 nitrogen and oxygen atoms in total. The molecule has 0 aromatic heterocycles. The molecule has 0 N–H and O–H groups in total. The predicted molar refractivity (Wildman–Crippen MR) is 101 cm³/mol. The fourth-order valence-corrected chi connectivity index (χ4v) is 4.28. The Morgan fingerprint density at radius 1 is 1.07 bits per heavy atom. The molecule has 1 aliphatic heterocycles. The zero-order valence-corrected chi connectivity index (χ0v) is 16.0. The lowest BCUT2D eigenvalue weighted by Crippen LogP contribution is -2.38. The fraction of sp³-hybridized carbons (Fsp3) is 0.300. The molecule has 1 heterocycles. The second-order valence-electron chi connectivity index (χ2n) is 6.46. The Kier molecular flexibility index (Phi) is 6.08. The molecule has 0 radical (unpaired) electrons. The Bertz CT molecular complexity index is 972. The summed E-state index contributed by atoms with van der Waals surface area (Å²) < 4.78 is 42.2. The Labute approximate surface area is 162 Å². The van der Waals surface area contributed by atoms with Crippen LogP contribution in [0.4, 0.5) is 10.1 Å². The highest BCUT2D eigenvalue weighted by atomic mass is 32.2. The van der Waals surface area contributed by atoms with Gasteiger partial charge in [0.25, 0.3) is 5.91 Å². The van der Waals surface area contributed by atoms with Crippen molar-refractivity contribution in [3.63, 3.8) is 0 Å². The summed E-state index contributed by atoms with van der Waals surface area (Å²) in [4.78, 5) is 25.8. The predicted octanol–water partition coefficient (Wildman–Crippen LogP) is 2.51. The number of hydrogen-bond donors (Lipinski definition) is 0. The summed E-state index contributed by atoms with van der Waals surface area (Å²) in [7, 11) is -3.73. The van der Waals surface area contributed by atoms with Crippen molar-refractivity contribution in [3.05, 3.63) is 59.9 Å². The van der Waals surface area contributed by atoms with Crippen molar-refractivity contribution >= 4 is 27.4 Å². The van der Waals surface area contributed by atoms with Gasteiger partial charge in [0.05, 0.1) is 17.1 Å². The van der Waals surface area contributed by atoms with Gasteiger partial charge in [-0.2, -0.15) is 0 Å². The molecule has 148 valence electrons. The van der Waals surface area contributed by atoms with Gasteiger partial charge in [0.2, 0.25) is 0 Å². The number of para-hydroxylation sites is 1. The van der Waals surface area contributed by atoms with Crippen molar-refractivity contribution in [1.29, 1.82) is 0 Å². The van der Waals surface area contributed by atoms with Crippen molar-refractivity contribution in [2.24, 2.45) is 0 Å². The van der Waals surface area contributed by atoms with Crippen molar-refractivity contribution in [1.82, 2.24) is 0 Å². The summed E-state index contributed by atoms with van der Waals surface area (Å²) in [6.45, 7) is 0.107. The van der Waals surface area contributed by atoms with E-state index in [-0.39, 0.29) is 17.2 Å². The Balaban J connectivity index is 1.52. The van der Waals surface area contributed by atoms with Gasteiger partial charge in [-0.15, -0.1) is 0 Å². The monoisotopic (exact) mass is 405 g/mol. The normalized spacial score (nSPS) is 13.7. The largest absolute Gasteiger partial charge is 0.456 e. The van der Waals surface area contributed by atoms with Gasteiger partial charge in [0.1, 0.15) is 5.82 Å². The lowest BCUT2D eigenvalue weighted by Gasteiger charge is -2.29. The number of rotatable bonds is 6. The first-order valence-electron chi connectivity index (χ1n) is 8.89. The number of halogens is 1. The molecule has 0 unspecified atom stereocenters. The maximum atomic E-state index is 12.9. The minimum Gasteiger partial charge on any atom is -0.456 e. The maximum absolute atomic E-state index is 12.9. The van der Waals surface area contributed by atoms with Crippen LogP contribution in [-0.4, -0.2) is 39.2 Å². The molecule has 0 spiro atoms. The van der Waals surface area contributed by atoms with Gasteiger partial charge in [-0.25, -0.2) is 12.8 Å². The summed E-state index contributed by atoms with van der Waals surface area (Å²) >= 11 is 0. The molecule has 3 rings (SSSR count). The average molecular weight is 405 g/mol. The van der Waals surface area contributed by atoms with Gasteiger partial charge < -0.3 is 9.64 Å². The van der Waals surface area contributed by atoms with Crippen LogP contribution < -0.4 is 4.90 Å². The Morgan fingerprint density at radius 2 is 1.79 bits per heavy atom. The topological polar surface area (TPSA) is 80.7 Å². The van der Waals surface area contributed by atoms with Crippen LogP contribution in [0.25, 0.3) is 0 Å². The third kappa shape index (κ3) is 4.75. The molecular weight excluding hydrogens is 385 g/mol. The molecule has 2 aromatic carbocycles. The van der Waals surface area contributed by atoms with E-state index in [1.165, 1.54) is 0 Å².